The monoisotopic (exact) mass is 353 g/mol. The number of hydrogen-bond acceptors (Lipinski definition) is 5. The Kier molecular flexibility index (Phi) is 4.61. The lowest BCUT2D eigenvalue weighted by Crippen LogP contribution is -2.40. The minimum atomic E-state index is -0.959. The number of hydrogen-bond donors (Lipinski definition) is 4. The number of carbonyl (C=O) groups excluding carboxylic acids is 2. The van der Waals surface area contributed by atoms with Crippen LogP contribution in [0.1, 0.15) is 0 Å². The summed E-state index contributed by atoms with van der Waals surface area (Å²) in [5.41, 5.74) is 0.762. The van der Waals surface area contributed by atoms with E-state index in [9.17, 15) is 19.8 Å². The van der Waals surface area contributed by atoms with E-state index < -0.39 is 24.2 Å². The third kappa shape index (κ3) is 3.61. The van der Waals surface area contributed by atoms with Gasteiger partial charge in [-0.15, -0.1) is 0 Å². The maximum atomic E-state index is 11.9. The number of halogens is 1. The number of fused-ring (bicyclic) bond motifs is 1. The molecule has 2 amide bonds. The van der Waals surface area contributed by atoms with Crippen LogP contribution in [-0.2, 0) is 4.79 Å². The summed E-state index contributed by atoms with van der Waals surface area (Å²) >= 11 is 5.89. The van der Waals surface area contributed by atoms with E-state index in [4.69, 9.17) is 16.3 Å². The fraction of sp³-hybridized carbons (Fsp3) is 0.333. The van der Waals surface area contributed by atoms with E-state index in [0.29, 0.717) is 5.02 Å². The number of amides is 2. The first-order valence-electron chi connectivity index (χ1n) is 7.30. The number of aromatic amines is 1. The summed E-state index contributed by atoms with van der Waals surface area (Å²) < 4.78 is 5.08. The highest BCUT2D eigenvalue weighted by atomic mass is 35.5. The molecule has 1 aromatic heterocycles. The van der Waals surface area contributed by atoms with Crippen LogP contribution in [0, 0.1) is 0 Å². The molecule has 0 saturated carbocycles. The van der Waals surface area contributed by atoms with E-state index in [1.165, 1.54) is 4.90 Å². The molecule has 2 aromatic rings. The smallest absolute Gasteiger partial charge is 0.393 e. The second-order valence-electron chi connectivity index (χ2n) is 5.54. The predicted octanol–water partition coefficient (Wildman–Crippen LogP) is 0.474. The van der Waals surface area contributed by atoms with Crippen LogP contribution in [0.3, 0.4) is 0 Å². The van der Waals surface area contributed by atoms with Gasteiger partial charge in [0.15, 0.2) is 0 Å². The number of ether oxygens (including phenoxy) is 1. The maximum Gasteiger partial charge on any atom is 0.414 e. The third-order valence-corrected chi connectivity index (χ3v) is 3.99. The highest BCUT2D eigenvalue weighted by Crippen LogP contribution is 2.23. The van der Waals surface area contributed by atoms with Crippen LogP contribution in [0.5, 0.6) is 5.88 Å². The number of nitrogens with one attached hydrogen (secondary N) is 2. The Morgan fingerprint density at radius 1 is 1.29 bits per heavy atom. The number of H-pyrrole nitrogens is 1. The van der Waals surface area contributed by atoms with Crippen LogP contribution < -0.4 is 10.1 Å². The van der Waals surface area contributed by atoms with Crippen LogP contribution in [0.15, 0.2) is 24.3 Å². The number of benzene rings is 1. The number of rotatable bonds is 3. The number of aliphatic hydroxyl groups excluding tert-OH is 2. The molecular weight excluding hydrogens is 338 g/mol. The molecule has 8 nitrogen and oxygen atoms in total. The molecule has 0 spiro atoms. The van der Waals surface area contributed by atoms with Crippen LogP contribution in [-0.4, -0.2) is 63.9 Å². The fourth-order valence-electron chi connectivity index (χ4n) is 2.50. The molecule has 1 aliphatic rings. The molecule has 0 bridgehead atoms. The third-order valence-electron chi connectivity index (χ3n) is 3.76. The summed E-state index contributed by atoms with van der Waals surface area (Å²) in [7, 11) is 0. The first kappa shape index (κ1) is 16.6. The van der Waals surface area contributed by atoms with Gasteiger partial charge in [0.05, 0.1) is 12.2 Å². The van der Waals surface area contributed by atoms with Crippen LogP contribution in [0.2, 0.25) is 5.02 Å². The van der Waals surface area contributed by atoms with Crippen molar-refractivity contribution in [1.82, 2.24) is 15.2 Å². The Morgan fingerprint density at radius 3 is 2.71 bits per heavy atom. The van der Waals surface area contributed by atoms with Gasteiger partial charge < -0.3 is 30.2 Å². The van der Waals surface area contributed by atoms with Gasteiger partial charge in [-0.2, -0.15) is 0 Å². The van der Waals surface area contributed by atoms with E-state index in [2.05, 4.69) is 10.3 Å². The Hall–Kier alpha value is -2.29. The molecule has 128 valence electrons. The standard InChI is InChI=1S/C15H16ClN3O5/c16-9-1-2-10-8(3-9)4-13(18-10)24-15(23)17-5-14(22)19-6-11(20)12(21)7-19/h1-4,11-12,18,20-21H,5-7H2,(H,17,23)/t11-,12-/m0/s1. The normalized spacial score (nSPS) is 20.4. The zero-order valence-corrected chi connectivity index (χ0v) is 13.3. The molecule has 0 radical (unpaired) electrons. The average Bonchev–Trinajstić information content (AvgIpc) is 3.07. The first-order valence-corrected chi connectivity index (χ1v) is 7.68. The van der Waals surface area contributed by atoms with Crippen molar-refractivity contribution in [3.05, 3.63) is 29.3 Å². The van der Waals surface area contributed by atoms with Gasteiger partial charge >= 0.3 is 6.09 Å². The summed E-state index contributed by atoms with van der Waals surface area (Å²) in [6.45, 7) is -0.205. The van der Waals surface area contributed by atoms with Crippen molar-refractivity contribution >= 4 is 34.5 Å². The topological polar surface area (TPSA) is 115 Å². The van der Waals surface area contributed by atoms with Crippen LogP contribution >= 0.6 is 11.6 Å². The zero-order valence-electron chi connectivity index (χ0n) is 12.5. The SMILES string of the molecule is O=C(NCC(=O)N1C[C@H](O)[C@@H](O)C1)Oc1cc2cc(Cl)ccc2[nH]1. The average molecular weight is 354 g/mol. The number of carbonyl (C=O) groups is 2. The molecular formula is C15H16ClN3O5. The molecule has 0 aliphatic carbocycles. The molecule has 1 fully saturated rings. The summed E-state index contributed by atoms with van der Waals surface area (Å²) in [4.78, 5) is 27.8. The van der Waals surface area contributed by atoms with Crippen molar-refractivity contribution in [2.45, 2.75) is 12.2 Å². The zero-order chi connectivity index (χ0) is 17.3. The molecule has 9 heteroatoms. The van der Waals surface area contributed by atoms with Gasteiger partial charge in [-0.1, -0.05) is 11.6 Å². The van der Waals surface area contributed by atoms with Gasteiger partial charge in [-0.25, -0.2) is 4.79 Å². The lowest BCUT2D eigenvalue weighted by molar-refractivity contribution is -0.129. The number of nitrogens with zero attached hydrogens (tertiary/aromatic N) is 1. The van der Waals surface area contributed by atoms with Gasteiger partial charge in [0.25, 0.3) is 0 Å². The molecule has 24 heavy (non-hydrogen) atoms. The van der Waals surface area contributed by atoms with Gasteiger partial charge in [-0.3, -0.25) is 4.79 Å². The molecule has 4 N–H and O–H groups in total. The highest BCUT2D eigenvalue weighted by molar-refractivity contribution is 6.31. The van der Waals surface area contributed by atoms with E-state index in [0.717, 1.165) is 10.9 Å². The number of aliphatic hydroxyl groups is 2. The minimum Gasteiger partial charge on any atom is -0.393 e. The van der Waals surface area contributed by atoms with Crippen LogP contribution in [0.25, 0.3) is 10.9 Å². The van der Waals surface area contributed by atoms with E-state index in [1.54, 1.807) is 24.3 Å². The van der Waals surface area contributed by atoms with Gasteiger partial charge in [0.2, 0.25) is 11.8 Å². The van der Waals surface area contributed by atoms with Crippen molar-refractivity contribution in [2.75, 3.05) is 19.6 Å². The van der Waals surface area contributed by atoms with Crippen molar-refractivity contribution in [3.63, 3.8) is 0 Å². The lowest BCUT2D eigenvalue weighted by Gasteiger charge is -2.15. The Labute approximate surface area is 142 Å². The van der Waals surface area contributed by atoms with Gasteiger partial charge in [0.1, 0.15) is 6.54 Å². The first-order chi connectivity index (χ1) is 11.4. The van der Waals surface area contributed by atoms with E-state index in [1.807, 2.05) is 0 Å². The maximum absolute atomic E-state index is 11.9. The molecule has 1 aromatic carbocycles. The summed E-state index contributed by atoms with van der Waals surface area (Å²) in [6.07, 6.45) is -2.71. The quantitative estimate of drug-likeness (QED) is 0.640. The second kappa shape index (κ2) is 6.68. The van der Waals surface area contributed by atoms with Crippen molar-refractivity contribution in [1.29, 1.82) is 0 Å². The summed E-state index contributed by atoms with van der Waals surface area (Å²) in [5.74, 6) is -0.185. The molecule has 3 rings (SSSR count). The molecule has 1 aliphatic heterocycles. The largest absolute Gasteiger partial charge is 0.414 e. The minimum absolute atomic E-state index is 0.0412. The molecule has 0 unspecified atom stereocenters. The second-order valence-corrected chi connectivity index (χ2v) is 5.98. The van der Waals surface area contributed by atoms with Crippen molar-refractivity contribution in [2.24, 2.45) is 0 Å². The summed E-state index contributed by atoms with van der Waals surface area (Å²) in [5, 5.41) is 22.5. The van der Waals surface area contributed by atoms with Crippen LogP contribution in [0.4, 0.5) is 4.79 Å². The lowest BCUT2D eigenvalue weighted by atomic mass is 10.2. The highest BCUT2D eigenvalue weighted by Gasteiger charge is 2.32. The molecule has 2 atom stereocenters. The number of aromatic nitrogens is 1. The summed E-state index contributed by atoms with van der Waals surface area (Å²) in [6, 6.07) is 6.82. The Bertz CT molecular complexity index is 768. The van der Waals surface area contributed by atoms with Crippen molar-refractivity contribution < 1.29 is 24.5 Å². The number of β-amino-alcohol motifs (C(OH)–C–C–N with tert-alkyl or cyclic N) is 2. The van der Waals surface area contributed by atoms with E-state index >= 15 is 0 Å². The number of likely N-dealkylation sites (tertiary alicyclic amines) is 1. The molecule has 2 heterocycles. The van der Waals surface area contributed by atoms with Gasteiger partial charge in [-0.05, 0) is 18.2 Å². The van der Waals surface area contributed by atoms with E-state index in [-0.39, 0.29) is 25.5 Å². The fourth-order valence-corrected chi connectivity index (χ4v) is 2.68. The Morgan fingerprint density at radius 2 is 2.00 bits per heavy atom. The van der Waals surface area contributed by atoms with Crippen molar-refractivity contribution in [3.8, 4) is 5.88 Å². The molecule has 1 saturated heterocycles. The van der Waals surface area contributed by atoms with Gasteiger partial charge in [0, 0.05) is 35.1 Å². The predicted molar refractivity (Wildman–Crippen MR) is 85.9 cm³/mol. The Balaban J connectivity index is 1.52.